The van der Waals surface area contributed by atoms with Crippen molar-refractivity contribution in [1.82, 2.24) is 14.5 Å². The van der Waals surface area contributed by atoms with Crippen LogP contribution in [0.3, 0.4) is 0 Å². The molecule has 0 aliphatic rings. The molecule has 150 valence electrons. The van der Waals surface area contributed by atoms with Gasteiger partial charge in [0.05, 0.1) is 6.04 Å². The van der Waals surface area contributed by atoms with E-state index in [9.17, 15) is 4.79 Å². The van der Waals surface area contributed by atoms with Crippen molar-refractivity contribution in [1.29, 1.82) is 0 Å². The lowest BCUT2D eigenvalue weighted by atomic mass is 10.1. The lowest BCUT2D eigenvalue weighted by Crippen LogP contribution is -2.25. The molecule has 0 spiro atoms. The number of benzene rings is 2. The Morgan fingerprint density at radius 3 is 2.50 bits per heavy atom. The van der Waals surface area contributed by atoms with Crippen molar-refractivity contribution in [3.8, 4) is 5.69 Å². The van der Waals surface area contributed by atoms with E-state index < -0.39 is 0 Å². The first-order chi connectivity index (χ1) is 14.6. The molecule has 0 saturated heterocycles. The van der Waals surface area contributed by atoms with E-state index in [2.05, 4.69) is 33.2 Å². The summed E-state index contributed by atoms with van der Waals surface area (Å²) in [5, 5.41) is 8.06. The van der Waals surface area contributed by atoms with E-state index >= 15 is 0 Å². The molecule has 0 saturated carbocycles. The van der Waals surface area contributed by atoms with Gasteiger partial charge in [-0.05, 0) is 49.7 Å². The second-order valence-electron chi connectivity index (χ2n) is 7.04. The van der Waals surface area contributed by atoms with Crippen LogP contribution in [0.4, 0.5) is 11.6 Å². The molecule has 2 aromatic carbocycles. The van der Waals surface area contributed by atoms with Crippen LogP contribution < -0.4 is 16.2 Å². The van der Waals surface area contributed by atoms with Gasteiger partial charge in [0.2, 0.25) is 0 Å². The Morgan fingerprint density at radius 1 is 1.03 bits per heavy atom. The van der Waals surface area contributed by atoms with Crippen molar-refractivity contribution >= 4 is 22.4 Å². The Kier molecular flexibility index (Phi) is 5.30. The van der Waals surface area contributed by atoms with E-state index in [-0.39, 0.29) is 11.6 Å². The van der Waals surface area contributed by atoms with Crippen LogP contribution in [0.15, 0.2) is 84.6 Å². The number of fused-ring (bicyclic) bond motifs is 1. The lowest BCUT2D eigenvalue weighted by molar-refractivity contribution is 0.771. The average molecular weight is 397 g/mol. The highest BCUT2D eigenvalue weighted by atomic mass is 16.1. The van der Waals surface area contributed by atoms with E-state index in [4.69, 9.17) is 0 Å². The number of aromatic nitrogens is 3. The van der Waals surface area contributed by atoms with Crippen LogP contribution in [0, 0.1) is 6.92 Å². The molecule has 0 bridgehead atoms. The number of pyridine rings is 1. The summed E-state index contributed by atoms with van der Waals surface area (Å²) in [5.41, 5.74) is 2.50. The van der Waals surface area contributed by atoms with Crippen molar-refractivity contribution < 1.29 is 0 Å². The molecule has 0 amide bonds. The van der Waals surface area contributed by atoms with Gasteiger partial charge < -0.3 is 10.6 Å². The minimum absolute atomic E-state index is 0.0450. The van der Waals surface area contributed by atoms with Gasteiger partial charge in [-0.3, -0.25) is 9.36 Å². The molecule has 6 heteroatoms. The number of hydrogen-bond acceptors (Lipinski definition) is 5. The zero-order valence-electron chi connectivity index (χ0n) is 17.0. The molecule has 1 unspecified atom stereocenters. The zero-order valence-corrected chi connectivity index (χ0v) is 17.0. The van der Waals surface area contributed by atoms with Gasteiger partial charge in [0, 0.05) is 22.3 Å². The van der Waals surface area contributed by atoms with Crippen molar-refractivity contribution in [2.75, 3.05) is 10.6 Å². The fourth-order valence-electron chi connectivity index (χ4n) is 3.56. The predicted octanol–water partition coefficient (Wildman–Crippen LogP) is 4.82. The van der Waals surface area contributed by atoms with Crippen molar-refractivity contribution in [3.05, 3.63) is 101 Å². The van der Waals surface area contributed by atoms with Crippen LogP contribution in [-0.2, 0) is 0 Å². The Hall–Kier alpha value is -3.93. The quantitative estimate of drug-likeness (QED) is 0.488. The SMILES string of the molecule is C=CNc1ncnc(NC(C)c2cc3ccccc3c(=O)n2-c2ccccc2)c1C. The molecule has 6 nitrogen and oxygen atoms in total. The molecular weight excluding hydrogens is 374 g/mol. The summed E-state index contributed by atoms with van der Waals surface area (Å²) in [6.07, 6.45) is 3.08. The maximum Gasteiger partial charge on any atom is 0.263 e. The van der Waals surface area contributed by atoms with Gasteiger partial charge in [-0.1, -0.05) is 43.0 Å². The van der Waals surface area contributed by atoms with E-state index in [1.54, 1.807) is 10.8 Å². The standard InChI is InChI=1S/C24H23N5O/c1-4-25-22-16(2)23(27-15-26-22)28-17(3)21-14-18-10-8-9-13-20(18)24(30)29(21)19-11-6-5-7-12-19/h4-15,17H,1H2,2-3H3,(H2,25,26,27,28). The maximum atomic E-state index is 13.4. The highest BCUT2D eigenvalue weighted by Gasteiger charge is 2.18. The number of rotatable bonds is 6. The summed E-state index contributed by atoms with van der Waals surface area (Å²) < 4.78 is 1.76. The fraction of sp³-hybridized carbons (Fsp3) is 0.125. The van der Waals surface area contributed by atoms with E-state index in [1.807, 2.05) is 68.4 Å². The van der Waals surface area contributed by atoms with Crippen molar-refractivity contribution in [3.63, 3.8) is 0 Å². The van der Waals surface area contributed by atoms with Crippen LogP contribution in [-0.4, -0.2) is 14.5 Å². The third-order valence-electron chi connectivity index (χ3n) is 5.09. The second kappa shape index (κ2) is 8.21. The number of nitrogens with one attached hydrogen (secondary N) is 2. The van der Waals surface area contributed by atoms with Gasteiger partial charge in [-0.25, -0.2) is 9.97 Å². The van der Waals surface area contributed by atoms with Gasteiger partial charge in [0.15, 0.2) is 0 Å². The summed E-state index contributed by atoms with van der Waals surface area (Å²) in [5.74, 6) is 1.38. The summed E-state index contributed by atoms with van der Waals surface area (Å²) in [4.78, 5) is 22.0. The molecular formula is C24H23N5O. The van der Waals surface area contributed by atoms with E-state index in [1.165, 1.54) is 6.33 Å². The molecule has 0 aliphatic heterocycles. The molecule has 2 N–H and O–H groups in total. The molecule has 0 aliphatic carbocycles. The molecule has 0 radical (unpaired) electrons. The Labute approximate surface area is 174 Å². The maximum absolute atomic E-state index is 13.4. The fourth-order valence-corrected chi connectivity index (χ4v) is 3.56. The zero-order chi connectivity index (χ0) is 21.1. The molecule has 2 heterocycles. The topological polar surface area (TPSA) is 71.8 Å². The third-order valence-corrected chi connectivity index (χ3v) is 5.09. The van der Waals surface area contributed by atoms with Gasteiger partial charge in [-0.2, -0.15) is 0 Å². The average Bonchev–Trinajstić information content (AvgIpc) is 2.77. The monoisotopic (exact) mass is 397 g/mol. The molecule has 4 aromatic rings. The molecule has 1 atom stereocenters. The van der Waals surface area contributed by atoms with E-state index in [0.29, 0.717) is 17.0 Å². The van der Waals surface area contributed by atoms with E-state index in [0.717, 1.165) is 22.3 Å². The summed E-state index contributed by atoms with van der Waals surface area (Å²) in [6, 6.07) is 19.2. The largest absolute Gasteiger partial charge is 0.362 e. The number of anilines is 2. The van der Waals surface area contributed by atoms with Gasteiger partial charge in [-0.15, -0.1) is 0 Å². The molecule has 4 rings (SSSR count). The Bertz CT molecular complexity index is 1260. The third kappa shape index (κ3) is 3.55. The summed E-state index contributed by atoms with van der Waals surface area (Å²) >= 11 is 0. The highest BCUT2D eigenvalue weighted by molar-refractivity contribution is 5.82. The first-order valence-electron chi connectivity index (χ1n) is 9.76. The molecule has 0 fully saturated rings. The van der Waals surface area contributed by atoms with Gasteiger partial charge in [0.1, 0.15) is 18.0 Å². The molecule has 30 heavy (non-hydrogen) atoms. The second-order valence-corrected chi connectivity index (χ2v) is 7.04. The normalized spacial score (nSPS) is 11.8. The number of para-hydroxylation sites is 1. The smallest absolute Gasteiger partial charge is 0.263 e. The highest BCUT2D eigenvalue weighted by Crippen LogP contribution is 2.26. The summed E-state index contributed by atoms with van der Waals surface area (Å²) in [7, 11) is 0. The van der Waals surface area contributed by atoms with Gasteiger partial charge >= 0.3 is 0 Å². The Balaban J connectivity index is 1.85. The number of hydrogen-bond donors (Lipinski definition) is 2. The van der Waals surface area contributed by atoms with Crippen molar-refractivity contribution in [2.24, 2.45) is 0 Å². The summed E-state index contributed by atoms with van der Waals surface area (Å²) in [6.45, 7) is 7.64. The first-order valence-corrected chi connectivity index (χ1v) is 9.76. The van der Waals surface area contributed by atoms with Crippen LogP contribution in [0.1, 0.15) is 24.2 Å². The first kappa shape index (κ1) is 19.4. The Morgan fingerprint density at radius 2 is 1.73 bits per heavy atom. The van der Waals surface area contributed by atoms with Gasteiger partial charge in [0.25, 0.3) is 5.56 Å². The van der Waals surface area contributed by atoms with Crippen LogP contribution in [0.2, 0.25) is 0 Å². The minimum atomic E-state index is -0.187. The van der Waals surface area contributed by atoms with Crippen LogP contribution in [0.25, 0.3) is 16.5 Å². The minimum Gasteiger partial charge on any atom is -0.362 e. The van der Waals surface area contributed by atoms with Crippen LogP contribution >= 0.6 is 0 Å². The number of nitrogens with zero attached hydrogens (tertiary/aromatic N) is 3. The van der Waals surface area contributed by atoms with Crippen molar-refractivity contribution in [2.45, 2.75) is 19.9 Å². The van der Waals surface area contributed by atoms with Crippen LogP contribution in [0.5, 0.6) is 0 Å². The molecule has 2 aromatic heterocycles. The lowest BCUT2D eigenvalue weighted by Gasteiger charge is -2.22. The predicted molar refractivity (Wildman–Crippen MR) is 122 cm³/mol.